The van der Waals surface area contributed by atoms with Gasteiger partial charge in [0.1, 0.15) is 11.5 Å². The third kappa shape index (κ3) is 3.71. The minimum absolute atomic E-state index is 0.0454. The third-order valence-electron chi connectivity index (χ3n) is 5.33. The number of aromatic nitrogens is 3. The number of hydrogen-bond acceptors (Lipinski definition) is 3. The molecule has 0 saturated heterocycles. The summed E-state index contributed by atoms with van der Waals surface area (Å²) >= 11 is 0. The molecule has 0 aliphatic carbocycles. The SMILES string of the molecule is C=CC(=O)N1Cc2c(-c3ccncc3)c(-c3ccc(C(F)(F)F)cc3F)nn2C[C@H]1C. The van der Waals surface area contributed by atoms with E-state index in [1.807, 2.05) is 6.92 Å². The minimum Gasteiger partial charge on any atom is -0.329 e. The number of benzene rings is 1. The van der Waals surface area contributed by atoms with Crippen molar-refractivity contribution >= 4 is 5.91 Å². The predicted molar refractivity (Wildman–Crippen MR) is 106 cm³/mol. The van der Waals surface area contributed by atoms with Crippen molar-refractivity contribution in [2.75, 3.05) is 0 Å². The smallest absolute Gasteiger partial charge is 0.329 e. The van der Waals surface area contributed by atoms with Crippen LogP contribution in [0.25, 0.3) is 22.4 Å². The molecular weight excluding hydrogens is 412 g/mol. The van der Waals surface area contributed by atoms with Gasteiger partial charge in [0.05, 0.1) is 24.3 Å². The molecule has 1 aromatic carbocycles. The van der Waals surface area contributed by atoms with Gasteiger partial charge in [-0.2, -0.15) is 18.3 Å². The fourth-order valence-corrected chi connectivity index (χ4v) is 3.78. The molecule has 0 spiro atoms. The molecule has 4 rings (SSSR count). The zero-order chi connectivity index (χ0) is 22.3. The number of carbonyl (C=O) groups is 1. The van der Waals surface area contributed by atoms with Gasteiger partial charge in [0.2, 0.25) is 5.91 Å². The molecule has 1 amide bonds. The number of fused-ring (bicyclic) bond motifs is 1. The molecule has 160 valence electrons. The number of nitrogens with zero attached hydrogens (tertiary/aromatic N) is 4. The van der Waals surface area contributed by atoms with Crippen LogP contribution in [0.3, 0.4) is 0 Å². The predicted octanol–water partition coefficient (Wildman–Crippen LogP) is 4.69. The van der Waals surface area contributed by atoms with E-state index in [1.165, 1.54) is 6.08 Å². The normalized spacial score (nSPS) is 16.2. The van der Waals surface area contributed by atoms with Crippen molar-refractivity contribution in [1.82, 2.24) is 19.7 Å². The number of alkyl halides is 3. The zero-order valence-electron chi connectivity index (χ0n) is 16.5. The Kier molecular flexibility index (Phi) is 5.12. The van der Waals surface area contributed by atoms with Crippen LogP contribution in [0.4, 0.5) is 17.6 Å². The Morgan fingerprint density at radius 3 is 2.55 bits per heavy atom. The fourth-order valence-electron chi connectivity index (χ4n) is 3.78. The summed E-state index contributed by atoms with van der Waals surface area (Å²) in [7, 11) is 0. The van der Waals surface area contributed by atoms with E-state index in [9.17, 15) is 22.4 Å². The van der Waals surface area contributed by atoms with Crippen molar-refractivity contribution in [2.45, 2.75) is 32.2 Å². The molecular formula is C22H18F4N4O. The first-order chi connectivity index (χ1) is 14.7. The molecule has 0 bridgehead atoms. The van der Waals surface area contributed by atoms with E-state index in [4.69, 9.17) is 0 Å². The van der Waals surface area contributed by atoms with Crippen molar-refractivity contribution in [3.8, 4) is 22.4 Å². The lowest BCUT2D eigenvalue weighted by Gasteiger charge is -2.33. The number of rotatable bonds is 3. The Bertz CT molecular complexity index is 1150. The maximum Gasteiger partial charge on any atom is 0.416 e. The van der Waals surface area contributed by atoms with Gasteiger partial charge in [-0.15, -0.1) is 0 Å². The Morgan fingerprint density at radius 1 is 1.23 bits per heavy atom. The molecule has 31 heavy (non-hydrogen) atoms. The van der Waals surface area contributed by atoms with E-state index in [0.29, 0.717) is 29.4 Å². The van der Waals surface area contributed by atoms with E-state index < -0.39 is 17.6 Å². The second kappa shape index (κ2) is 7.64. The van der Waals surface area contributed by atoms with Crippen LogP contribution in [0.2, 0.25) is 0 Å². The molecule has 0 unspecified atom stereocenters. The van der Waals surface area contributed by atoms with Gasteiger partial charge in [-0.3, -0.25) is 14.5 Å². The van der Waals surface area contributed by atoms with Gasteiger partial charge in [0.15, 0.2) is 0 Å². The van der Waals surface area contributed by atoms with Gasteiger partial charge in [0, 0.05) is 29.6 Å². The number of hydrogen-bond donors (Lipinski definition) is 0. The van der Waals surface area contributed by atoms with Crippen molar-refractivity contribution in [3.05, 3.63) is 72.5 Å². The third-order valence-corrected chi connectivity index (χ3v) is 5.33. The summed E-state index contributed by atoms with van der Waals surface area (Å²) in [6, 6.07) is 5.63. The summed E-state index contributed by atoms with van der Waals surface area (Å²) in [4.78, 5) is 17.9. The first-order valence-electron chi connectivity index (χ1n) is 9.51. The Hall–Kier alpha value is -3.49. The van der Waals surface area contributed by atoms with E-state index in [2.05, 4.69) is 16.7 Å². The van der Waals surface area contributed by atoms with E-state index in [1.54, 1.807) is 34.1 Å². The summed E-state index contributed by atoms with van der Waals surface area (Å²) < 4.78 is 55.5. The van der Waals surface area contributed by atoms with Crippen LogP contribution in [0.5, 0.6) is 0 Å². The van der Waals surface area contributed by atoms with Crippen LogP contribution in [0.15, 0.2) is 55.4 Å². The van der Waals surface area contributed by atoms with Crippen molar-refractivity contribution in [1.29, 1.82) is 0 Å². The standard InChI is InChI=1S/C22H18F4N4O/c1-3-19(31)29-12-18-20(14-6-8-27-9-7-14)21(28-30(18)11-13(29)2)16-5-4-15(10-17(16)23)22(24,25)26/h3-10,13H,1,11-12H2,2H3/t13-/m1/s1. The number of pyridine rings is 1. The Balaban J connectivity index is 1.91. The average Bonchev–Trinajstić information content (AvgIpc) is 3.10. The maximum absolute atomic E-state index is 14.8. The lowest BCUT2D eigenvalue weighted by molar-refractivity contribution is -0.137. The average molecular weight is 430 g/mol. The lowest BCUT2D eigenvalue weighted by Crippen LogP contribution is -2.44. The summed E-state index contributed by atoms with van der Waals surface area (Å²) in [6.45, 7) is 5.96. The van der Waals surface area contributed by atoms with E-state index >= 15 is 0 Å². The van der Waals surface area contributed by atoms with Crippen LogP contribution in [-0.2, 0) is 24.1 Å². The molecule has 1 aliphatic heterocycles. The molecule has 0 fully saturated rings. The molecule has 0 radical (unpaired) electrons. The molecule has 3 heterocycles. The number of amides is 1. The highest BCUT2D eigenvalue weighted by Crippen LogP contribution is 2.39. The molecule has 0 N–H and O–H groups in total. The second-order valence-electron chi connectivity index (χ2n) is 7.30. The van der Waals surface area contributed by atoms with Gasteiger partial charge < -0.3 is 4.90 Å². The molecule has 0 saturated carbocycles. The molecule has 1 atom stereocenters. The highest BCUT2D eigenvalue weighted by Gasteiger charge is 2.34. The van der Waals surface area contributed by atoms with Crippen LogP contribution in [0.1, 0.15) is 18.2 Å². The van der Waals surface area contributed by atoms with Gasteiger partial charge in [-0.25, -0.2) is 4.39 Å². The van der Waals surface area contributed by atoms with Crippen LogP contribution in [0, 0.1) is 5.82 Å². The summed E-state index contributed by atoms with van der Waals surface area (Å²) in [5, 5.41) is 4.53. The van der Waals surface area contributed by atoms with Crippen molar-refractivity contribution in [3.63, 3.8) is 0 Å². The topological polar surface area (TPSA) is 51.0 Å². The van der Waals surface area contributed by atoms with Gasteiger partial charge in [-0.05, 0) is 48.9 Å². The molecule has 3 aromatic rings. The van der Waals surface area contributed by atoms with Crippen molar-refractivity contribution in [2.24, 2.45) is 0 Å². The van der Waals surface area contributed by atoms with Crippen LogP contribution >= 0.6 is 0 Å². The molecule has 1 aliphatic rings. The summed E-state index contributed by atoms with van der Waals surface area (Å²) in [5.74, 6) is -1.27. The molecule has 2 aromatic heterocycles. The minimum atomic E-state index is -4.65. The van der Waals surface area contributed by atoms with E-state index in [0.717, 1.165) is 12.1 Å². The lowest BCUT2D eigenvalue weighted by atomic mass is 9.97. The first-order valence-corrected chi connectivity index (χ1v) is 9.51. The first kappa shape index (κ1) is 20.8. The number of carbonyl (C=O) groups excluding carboxylic acids is 1. The monoisotopic (exact) mass is 430 g/mol. The zero-order valence-corrected chi connectivity index (χ0v) is 16.5. The highest BCUT2D eigenvalue weighted by molar-refractivity contribution is 5.88. The maximum atomic E-state index is 14.8. The van der Waals surface area contributed by atoms with Gasteiger partial charge in [-0.1, -0.05) is 6.58 Å². The summed E-state index contributed by atoms with van der Waals surface area (Å²) in [5.41, 5.74) is 0.984. The fraction of sp³-hybridized carbons (Fsp3) is 0.227. The van der Waals surface area contributed by atoms with E-state index in [-0.39, 0.29) is 29.8 Å². The van der Waals surface area contributed by atoms with Gasteiger partial charge >= 0.3 is 6.18 Å². The van der Waals surface area contributed by atoms with Crippen LogP contribution in [-0.4, -0.2) is 31.6 Å². The van der Waals surface area contributed by atoms with Crippen molar-refractivity contribution < 1.29 is 22.4 Å². The van der Waals surface area contributed by atoms with Crippen LogP contribution < -0.4 is 0 Å². The second-order valence-corrected chi connectivity index (χ2v) is 7.30. The van der Waals surface area contributed by atoms with Gasteiger partial charge in [0.25, 0.3) is 0 Å². The Morgan fingerprint density at radius 2 is 1.94 bits per heavy atom. The summed E-state index contributed by atoms with van der Waals surface area (Å²) in [6.07, 6.45) is -0.304. The number of halogens is 4. The molecule has 5 nitrogen and oxygen atoms in total. The quantitative estimate of drug-likeness (QED) is 0.448. The largest absolute Gasteiger partial charge is 0.416 e. The highest BCUT2D eigenvalue weighted by atomic mass is 19.4. The Labute approximate surface area is 175 Å². The molecule has 9 heteroatoms.